The lowest BCUT2D eigenvalue weighted by atomic mass is 10.1. The second-order valence-corrected chi connectivity index (χ2v) is 8.31. The summed E-state index contributed by atoms with van der Waals surface area (Å²) in [6.45, 7) is 3.26. The van der Waals surface area contributed by atoms with Crippen molar-refractivity contribution in [2.45, 2.75) is 6.92 Å². The minimum Gasteiger partial charge on any atom is -0.494 e. The Bertz CT molecular complexity index is 1160. The molecule has 10 nitrogen and oxygen atoms in total. The lowest BCUT2D eigenvalue weighted by Gasteiger charge is -2.22. The number of fused-ring (bicyclic) bond motifs is 1. The maximum absolute atomic E-state index is 13.6. The van der Waals surface area contributed by atoms with Crippen LogP contribution in [0.25, 0.3) is 10.2 Å². The average molecular weight is 475 g/mol. The molecule has 0 bridgehead atoms. The molecular weight excluding hydrogens is 448 g/mol. The number of ether oxygens (including phenoxy) is 3. The van der Waals surface area contributed by atoms with Crippen LogP contribution in [-0.2, 0) is 0 Å². The third kappa shape index (κ3) is 5.32. The van der Waals surface area contributed by atoms with E-state index in [1.165, 1.54) is 42.6 Å². The van der Waals surface area contributed by atoms with E-state index in [0.717, 1.165) is 4.70 Å². The summed E-state index contributed by atoms with van der Waals surface area (Å²) in [6.07, 6.45) is 0. The van der Waals surface area contributed by atoms with Gasteiger partial charge in [0.1, 0.15) is 11.3 Å². The van der Waals surface area contributed by atoms with Crippen molar-refractivity contribution in [1.82, 2.24) is 9.88 Å². The largest absolute Gasteiger partial charge is 0.494 e. The van der Waals surface area contributed by atoms with Crippen molar-refractivity contribution < 1.29 is 23.9 Å². The van der Waals surface area contributed by atoms with E-state index in [1.54, 1.807) is 0 Å². The van der Waals surface area contributed by atoms with Gasteiger partial charge in [0.2, 0.25) is 0 Å². The third-order valence-corrected chi connectivity index (χ3v) is 5.88. The molecule has 1 heterocycles. The van der Waals surface area contributed by atoms with Crippen LogP contribution in [0.2, 0.25) is 0 Å². The van der Waals surface area contributed by atoms with Crippen molar-refractivity contribution in [2.24, 2.45) is 0 Å². The number of likely N-dealkylation sites (N-methyl/N-ethyl adjacent to an activating group) is 1. The van der Waals surface area contributed by atoms with E-state index < -0.39 is 10.8 Å². The SMILES string of the molecule is CCOc1ccc2nc(N(CCN(C)C)C(=O)c3cc(OC)c(OC)cc3[N+](=O)[O-])sc2c1. The number of benzene rings is 2. The molecule has 0 aliphatic carbocycles. The van der Waals surface area contributed by atoms with Gasteiger partial charge in [-0.2, -0.15) is 0 Å². The predicted molar refractivity (Wildman–Crippen MR) is 127 cm³/mol. The number of methoxy groups -OCH3 is 2. The Morgan fingerprint density at radius 3 is 2.42 bits per heavy atom. The van der Waals surface area contributed by atoms with Crippen molar-refractivity contribution in [3.8, 4) is 17.2 Å². The van der Waals surface area contributed by atoms with Gasteiger partial charge in [0.15, 0.2) is 16.6 Å². The molecule has 1 amide bonds. The fraction of sp³-hybridized carbons (Fsp3) is 0.364. The van der Waals surface area contributed by atoms with E-state index in [4.69, 9.17) is 14.2 Å². The number of nitrogens with zero attached hydrogens (tertiary/aromatic N) is 4. The zero-order chi connectivity index (χ0) is 24.1. The Kier molecular flexibility index (Phi) is 7.67. The number of carbonyl (C=O) groups excluding carboxylic acids is 1. The lowest BCUT2D eigenvalue weighted by Crippen LogP contribution is -2.37. The van der Waals surface area contributed by atoms with Gasteiger partial charge in [-0.3, -0.25) is 19.8 Å². The van der Waals surface area contributed by atoms with Crippen LogP contribution in [0, 0.1) is 10.1 Å². The fourth-order valence-corrected chi connectivity index (χ4v) is 4.20. The minimum absolute atomic E-state index is 0.106. The molecule has 0 spiro atoms. The second kappa shape index (κ2) is 10.5. The van der Waals surface area contributed by atoms with Gasteiger partial charge in [0.25, 0.3) is 11.6 Å². The number of anilines is 1. The molecule has 3 rings (SSSR count). The Labute approximate surface area is 195 Å². The van der Waals surface area contributed by atoms with Crippen LogP contribution in [0.4, 0.5) is 10.8 Å². The number of carbonyl (C=O) groups is 1. The summed E-state index contributed by atoms with van der Waals surface area (Å²) in [5, 5.41) is 12.2. The molecule has 0 radical (unpaired) electrons. The number of amides is 1. The molecule has 0 unspecified atom stereocenters. The second-order valence-electron chi connectivity index (χ2n) is 7.30. The number of nitro benzene ring substituents is 1. The van der Waals surface area contributed by atoms with Gasteiger partial charge < -0.3 is 19.1 Å². The summed E-state index contributed by atoms with van der Waals surface area (Å²) >= 11 is 1.32. The number of thiazole rings is 1. The molecule has 0 atom stereocenters. The highest BCUT2D eigenvalue weighted by Gasteiger charge is 2.30. The molecule has 11 heteroatoms. The topological polar surface area (TPSA) is 107 Å². The smallest absolute Gasteiger partial charge is 0.286 e. The maximum Gasteiger partial charge on any atom is 0.286 e. The van der Waals surface area contributed by atoms with Gasteiger partial charge in [0.05, 0.1) is 42.0 Å². The summed E-state index contributed by atoms with van der Waals surface area (Å²) in [6, 6.07) is 8.05. The fourth-order valence-electron chi connectivity index (χ4n) is 3.18. The monoisotopic (exact) mass is 474 g/mol. The highest BCUT2D eigenvalue weighted by molar-refractivity contribution is 7.22. The standard InChI is InChI=1S/C22H26N4O6S/c1-6-32-14-7-8-16-20(11-14)33-22(23-16)25(10-9-24(2)3)21(27)15-12-18(30-4)19(31-5)13-17(15)26(28)29/h7-8,11-13H,6,9-10H2,1-5H3. The molecule has 0 N–H and O–H groups in total. The summed E-state index contributed by atoms with van der Waals surface area (Å²) in [5.74, 6) is 0.559. The zero-order valence-corrected chi connectivity index (χ0v) is 20.0. The molecule has 0 saturated carbocycles. The van der Waals surface area contributed by atoms with Crippen LogP contribution in [0.1, 0.15) is 17.3 Å². The normalized spacial score (nSPS) is 11.0. The molecule has 33 heavy (non-hydrogen) atoms. The third-order valence-electron chi connectivity index (χ3n) is 4.84. The number of rotatable bonds is 10. The Hall–Kier alpha value is -3.44. The van der Waals surface area contributed by atoms with Crippen LogP contribution in [-0.4, -0.2) is 68.7 Å². The van der Waals surface area contributed by atoms with Crippen molar-refractivity contribution in [3.63, 3.8) is 0 Å². The van der Waals surface area contributed by atoms with Crippen molar-refractivity contribution in [3.05, 3.63) is 46.0 Å². The molecule has 0 fully saturated rings. The van der Waals surface area contributed by atoms with Gasteiger partial charge >= 0.3 is 0 Å². The molecule has 3 aromatic rings. The summed E-state index contributed by atoms with van der Waals surface area (Å²) in [7, 11) is 6.55. The average Bonchev–Trinajstić information content (AvgIpc) is 3.21. The van der Waals surface area contributed by atoms with E-state index in [1.807, 2.05) is 44.1 Å². The van der Waals surface area contributed by atoms with Gasteiger partial charge in [-0.25, -0.2) is 4.98 Å². The molecule has 0 saturated heterocycles. The van der Waals surface area contributed by atoms with Crippen molar-refractivity contribution in [2.75, 3.05) is 52.9 Å². The van der Waals surface area contributed by atoms with E-state index in [0.29, 0.717) is 29.5 Å². The lowest BCUT2D eigenvalue weighted by molar-refractivity contribution is -0.385. The first-order chi connectivity index (χ1) is 15.8. The van der Waals surface area contributed by atoms with Gasteiger partial charge in [0, 0.05) is 19.2 Å². The summed E-state index contributed by atoms with van der Waals surface area (Å²) in [5.41, 5.74) is 0.237. The van der Waals surface area contributed by atoms with Crippen LogP contribution >= 0.6 is 11.3 Å². The Balaban J connectivity index is 2.10. The maximum atomic E-state index is 13.6. The highest BCUT2D eigenvalue weighted by atomic mass is 32.1. The number of nitro groups is 1. The molecule has 1 aromatic heterocycles. The van der Waals surface area contributed by atoms with E-state index in [2.05, 4.69) is 4.98 Å². The predicted octanol–water partition coefficient (Wildman–Crippen LogP) is 3.83. The van der Waals surface area contributed by atoms with E-state index >= 15 is 0 Å². The first-order valence-electron chi connectivity index (χ1n) is 10.2. The summed E-state index contributed by atoms with van der Waals surface area (Å²) < 4.78 is 16.9. The van der Waals surface area contributed by atoms with Crippen LogP contribution in [0.3, 0.4) is 0 Å². The zero-order valence-electron chi connectivity index (χ0n) is 19.2. The first-order valence-corrected chi connectivity index (χ1v) is 11.0. The van der Waals surface area contributed by atoms with Crippen LogP contribution in [0.15, 0.2) is 30.3 Å². The number of aromatic nitrogens is 1. The molecule has 0 aliphatic rings. The quantitative estimate of drug-likeness (QED) is 0.322. The molecule has 2 aromatic carbocycles. The van der Waals surface area contributed by atoms with Gasteiger partial charge in [-0.15, -0.1) is 0 Å². The molecule has 0 aliphatic heterocycles. The number of hydrogen-bond acceptors (Lipinski definition) is 9. The first kappa shape index (κ1) is 24.2. The van der Waals surface area contributed by atoms with E-state index in [9.17, 15) is 14.9 Å². The van der Waals surface area contributed by atoms with Crippen molar-refractivity contribution >= 4 is 38.3 Å². The Morgan fingerprint density at radius 2 is 1.82 bits per heavy atom. The highest BCUT2D eigenvalue weighted by Crippen LogP contribution is 2.37. The van der Waals surface area contributed by atoms with Crippen LogP contribution < -0.4 is 19.1 Å². The van der Waals surface area contributed by atoms with Gasteiger partial charge in [-0.05, 0) is 39.2 Å². The molecular formula is C22H26N4O6S. The van der Waals surface area contributed by atoms with E-state index in [-0.39, 0.29) is 29.3 Å². The molecule has 176 valence electrons. The van der Waals surface area contributed by atoms with Gasteiger partial charge in [-0.1, -0.05) is 11.3 Å². The minimum atomic E-state index is -0.605. The number of hydrogen-bond donors (Lipinski definition) is 0. The Morgan fingerprint density at radius 1 is 1.12 bits per heavy atom. The van der Waals surface area contributed by atoms with Crippen LogP contribution in [0.5, 0.6) is 17.2 Å². The van der Waals surface area contributed by atoms with Crippen molar-refractivity contribution in [1.29, 1.82) is 0 Å². The summed E-state index contributed by atoms with van der Waals surface area (Å²) in [4.78, 5) is 32.8.